The number of nitrogens with zero attached hydrogens (tertiary/aromatic N) is 4. The Balaban J connectivity index is 1.64. The predicted octanol–water partition coefficient (Wildman–Crippen LogP) is 1.94. The molecule has 2 aromatic rings. The number of hydrogen-bond acceptors (Lipinski definition) is 4. The van der Waals surface area contributed by atoms with Crippen LogP contribution in [0.5, 0.6) is 0 Å². The molecule has 0 bridgehead atoms. The van der Waals surface area contributed by atoms with E-state index in [0.29, 0.717) is 24.5 Å². The summed E-state index contributed by atoms with van der Waals surface area (Å²) >= 11 is 0. The molecular weight excluding hydrogens is 330 g/mol. The number of nitrogens with one attached hydrogen (secondary N) is 1. The van der Waals surface area contributed by atoms with Crippen LogP contribution in [-0.4, -0.2) is 43.4 Å². The highest BCUT2D eigenvalue weighted by Crippen LogP contribution is 2.26. The van der Waals surface area contributed by atoms with E-state index < -0.39 is 0 Å². The first-order valence-electron chi connectivity index (χ1n) is 9.34. The second kappa shape index (κ2) is 7.85. The molecule has 0 saturated carbocycles. The third-order valence-electron chi connectivity index (χ3n) is 5.27. The van der Waals surface area contributed by atoms with Gasteiger partial charge < -0.3 is 14.5 Å². The fourth-order valence-corrected chi connectivity index (χ4v) is 3.88. The zero-order valence-corrected chi connectivity index (χ0v) is 15.8. The van der Waals surface area contributed by atoms with Crippen molar-refractivity contribution in [2.75, 3.05) is 13.1 Å². The van der Waals surface area contributed by atoms with E-state index in [1.165, 1.54) is 0 Å². The molecule has 1 atom stereocenters. The second-order valence-corrected chi connectivity index (χ2v) is 6.98. The summed E-state index contributed by atoms with van der Waals surface area (Å²) in [7, 11) is 0. The fourth-order valence-electron chi connectivity index (χ4n) is 3.88. The molecule has 0 radical (unpaired) electrons. The summed E-state index contributed by atoms with van der Waals surface area (Å²) in [4.78, 5) is 37.3. The molecule has 1 fully saturated rings. The maximum Gasteiger partial charge on any atom is 0.345 e. The zero-order valence-electron chi connectivity index (χ0n) is 15.8. The van der Waals surface area contributed by atoms with Crippen LogP contribution in [0, 0.1) is 13.8 Å². The molecule has 1 aliphatic heterocycles. The lowest BCUT2D eigenvalue weighted by atomic mass is 9.96. The van der Waals surface area contributed by atoms with Gasteiger partial charge in [0.25, 0.3) is 0 Å². The van der Waals surface area contributed by atoms with Crippen molar-refractivity contribution in [2.45, 2.75) is 58.9 Å². The first-order valence-corrected chi connectivity index (χ1v) is 9.34. The molecule has 7 heteroatoms. The number of piperidine rings is 1. The van der Waals surface area contributed by atoms with Crippen molar-refractivity contribution < 1.29 is 4.79 Å². The molecule has 3 heterocycles. The molecule has 1 N–H and O–H groups in total. The number of carbonyl (C=O) groups excluding carboxylic acids is 1. The van der Waals surface area contributed by atoms with Crippen LogP contribution in [0.25, 0.3) is 0 Å². The molecule has 3 rings (SSSR count). The minimum Gasteiger partial charge on any atom is -0.342 e. The monoisotopic (exact) mass is 357 g/mol. The maximum atomic E-state index is 12.7. The third-order valence-corrected chi connectivity index (χ3v) is 5.27. The average molecular weight is 357 g/mol. The van der Waals surface area contributed by atoms with Crippen LogP contribution in [0.4, 0.5) is 0 Å². The van der Waals surface area contributed by atoms with Gasteiger partial charge in [0.15, 0.2) is 0 Å². The van der Waals surface area contributed by atoms with Gasteiger partial charge in [0.1, 0.15) is 5.82 Å². The topological polar surface area (TPSA) is 83.9 Å². The van der Waals surface area contributed by atoms with Crippen molar-refractivity contribution in [2.24, 2.45) is 0 Å². The van der Waals surface area contributed by atoms with Gasteiger partial charge in [0.2, 0.25) is 5.91 Å². The van der Waals surface area contributed by atoms with Crippen LogP contribution in [-0.2, 0) is 17.8 Å². The van der Waals surface area contributed by atoms with Gasteiger partial charge in [-0.25, -0.2) is 9.78 Å². The van der Waals surface area contributed by atoms with Gasteiger partial charge in [-0.15, -0.1) is 0 Å². The Bertz CT molecular complexity index is 812. The van der Waals surface area contributed by atoms with E-state index in [9.17, 15) is 9.59 Å². The van der Waals surface area contributed by atoms with Crippen LogP contribution in [0.2, 0.25) is 0 Å². The van der Waals surface area contributed by atoms with Crippen molar-refractivity contribution in [1.29, 1.82) is 0 Å². The van der Waals surface area contributed by atoms with E-state index >= 15 is 0 Å². The van der Waals surface area contributed by atoms with Crippen LogP contribution in [0.15, 0.2) is 17.2 Å². The molecular formula is C19H27N5O2. The molecule has 140 valence electrons. The number of hydrogen-bond donors (Lipinski definition) is 1. The molecule has 1 aliphatic rings. The van der Waals surface area contributed by atoms with Gasteiger partial charge in [0, 0.05) is 55.8 Å². The van der Waals surface area contributed by atoms with E-state index in [2.05, 4.69) is 26.4 Å². The third kappa shape index (κ3) is 3.86. The molecule has 1 saturated heterocycles. The molecule has 2 aromatic heterocycles. The number of carbonyl (C=O) groups is 1. The molecule has 1 unspecified atom stereocenters. The summed E-state index contributed by atoms with van der Waals surface area (Å²) in [6.45, 7) is 8.24. The van der Waals surface area contributed by atoms with Crippen molar-refractivity contribution in [3.05, 3.63) is 45.7 Å². The summed E-state index contributed by atoms with van der Waals surface area (Å²) in [6.07, 6.45) is 6.96. The number of imidazole rings is 1. The summed E-state index contributed by atoms with van der Waals surface area (Å²) in [5, 5.41) is 0. The van der Waals surface area contributed by atoms with Crippen LogP contribution in [0.3, 0.4) is 0 Å². The van der Waals surface area contributed by atoms with Crippen molar-refractivity contribution in [1.82, 2.24) is 24.4 Å². The van der Waals surface area contributed by atoms with Crippen molar-refractivity contribution >= 4 is 5.91 Å². The minimum absolute atomic E-state index is 0.161. The number of aromatic amines is 1. The Morgan fingerprint density at radius 3 is 2.92 bits per heavy atom. The quantitative estimate of drug-likeness (QED) is 0.886. The number of rotatable bonds is 5. The average Bonchev–Trinajstić information content (AvgIpc) is 3.09. The van der Waals surface area contributed by atoms with E-state index in [1.54, 1.807) is 0 Å². The Hall–Kier alpha value is -2.44. The van der Waals surface area contributed by atoms with E-state index in [4.69, 9.17) is 0 Å². The second-order valence-electron chi connectivity index (χ2n) is 6.98. The van der Waals surface area contributed by atoms with Crippen LogP contribution < -0.4 is 5.69 Å². The maximum absolute atomic E-state index is 12.7. The van der Waals surface area contributed by atoms with Gasteiger partial charge >= 0.3 is 5.69 Å². The predicted molar refractivity (Wildman–Crippen MR) is 99.1 cm³/mol. The lowest BCUT2D eigenvalue weighted by molar-refractivity contribution is -0.132. The number of aromatic nitrogens is 4. The molecule has 7 nitrogen and oxygen atoms in total. The fraction of sp³-hybridized carbons (Fsp3) is 0.579. The van der Waals surface area contributed by atoms with Gasteiger partial charge in [-0.2, -0.15) is 4.98 Å². The van der Waals surface area contributed by atoms with Gasteiger partial charge in [0.05, 0.1) is 0 Å². The van der Waals surface area contributed by atoms with Gasteiger partial charge in [-0.05, 0) is 45.6 Å². The molecule has 0 aromatic carbocycles. The molecule has 1 amide bonds. The van der Waals surface area contributed by atoms with Crippen molar-refractivity contribution in [3.63, 3.8) is 0 Å². The number of aryl methyl sites for hydroxylation is 3. The normalized spacial score (nSPS) is 17.5. The van der Waals surface area contributed by atoms with E-state index in [-0.39, 0.29) is 11.6 Å². The summed E-state index contributed by atoms with van der Waals surface area (Å²) in [5.41, 5.74) is 2.14. The highest BCUT2D eigenvalue weighted by Gasteiger charge is 2.27. The standard InChI is InChI=1S/C19H27N5O2/c1-4-23-11-9-20-18(23)15-6-5-10-24(12-15)17(25)8-7-16-13(2)21-19(26)22-14(16)3/h9,11,15H,4-8,10,12H2,1-3H3,(H,21,22,26). The molecule has 26 heavy (non-hydrogen) atoms. The first kappa shape index (κ1) is 18.4. The zero-order chi connectivity index (χ0) is 18.7. The lowest BCUT2D eigenvalue weighted by Crippen LogP contribution is -2.40. The number of likely N-dealkylation sites (tertiary alicyclic amines) is 1. The Kier molecular flexibility index (Phi) is 5.54. The summed E-state index contributed by atoms with van der Waals surface area (Å²) < 4.78 is 2.16. The first-order chi connectivity index (χ1) is 12.5. The highest BCUT2D eigenvalue weighted by atomic mass is 16.2. The largest absolute Gasteiger partial charge is 0.345 e. The Morgan fingerprint density at radius 1 is 1.38 bits per heavy atom. The molecule has 0 aliphatic carbocycles. The Morgan fingerprint density at radius 2 is 2.19 bits per heavy atom. The van der Waals surface area contributed by atoms with Gasteiger partial charge in [-0.1, -0.05) is 0 Å². The Labute approximate surface area is 153 Å². The smallest absolute Gasteiger partial charge is 0.342 e. The molecule has 0 spiro atoms. The van der Waals surface area contributed by atoms with E-state index in [1.807, 2.05) is 31.1 Å². The SMILES string of the molecule is CCn1ccnc1C1CCCN(C(=O)CCc2c(C)nc(=O)[nH]c2C)C1. The minimum atomic E-state index is -0.333. The van der Waals surface area contributed by atoms with E-state index in [0.717, 1.165) is 49.6 Å². The summed E-state index contributed by atoms with van der Waals surface area (Å²) in [6, 6.07) is 0. The lowest BCUT2D eigenvalue weighted by Gasteiger charge is -2.32. The van der Waals surface area contributed by atoms with Gasteiger partial charge in [-0.3, -0.25) is 4.79 Å². The number of H-pyrrole nitrogens is 1. The number of amides is 1. The van der Waals surface area contributed by atoms with Crippen LogP contribution >= 0.6 is 0 Å². The highest BCUT2D eigenvalue weighted by molar-refractivity contribution is 5.76. The van der Waals surface area contributed by atoms with Crippen LogP contribution in [0.1, 0.15) is 54.9 Å². The van der Waals surface area contributed by atoms with Crippen molar-refractivity contribution in [3.8, 4) is 0 Å². The summed E-state index contributed by atoms with van der Waals surface area (Å²) in [5.74, 6) is 1.55.